The van der Waals surface area contributed by atoms with Gasteiger partial charge in [-0.2, -0.15) is 0 Å². The maximum atomic E-state index is 6.33. The van der Waals surface area contributed by atoms with Gasteiger partial charge >= 0.3 is 0 Å². The van der Waals surface area contributed by atoms with Gasteiger partial charge in [0.1, 0.15) is 5.03 Å². The number of halogens is 2. The van der Waals surface area contributed by atoms with Crippen molar-refractivity contribution in [2.75, 3.05) is 7.05 Å². The van der Waals surface area contributed by atoms with Crippen molar-refractivity contribution >= 4 is 39.3 Å². The smallest absolute Gasteiger partial charge is 0.101 e. The third kappa shape index (κ3) is 3.96. The summed E-state index contributed by atoms with van der Waals surface area (Å²) in [6, 6.07) is 10.4. The Morgan fingerprint density at radius 2 is 2.11 bits per heavy atom. The van der Waals surface area contributed by atoms with Crippen LogP contribution in [0.25, 0.3) is 0 Å². The Balaban J connectivity index is 2.19. The standard InChI is InChI=1S/C14H14BrClN2S/c1-9(17-2)10-3-5-13(12(16)7-10)19-14-6-4-11(15)8-18-14/h3-9,17H,1-2H3. The van der Waals surface area contributed by atoms with E-state index in [0.29, 0.717) is 6.04 Å². The predicted molar refractivity (Wildman–Crippen MR) is 85.0 cm³/mol. The number of pyridine rings is 1. The van der Waals surface area contributed by atoms with Crippen LogP contribution in [0.2, 0.25) is 5.02 Å². The SMILES string of the molecule is CNC(C)c1ccc(Sc2ccc(Br)cn2)c(Cl)c1. The number of hydrogen-bond donors (Lipinski definition) is 1. The summed E-state index contributed by atoms with van der Waals surface area (Å²) in [5.41, 5.74) is 1.18. The molecular formula is C14H14BrClN2S. The summed E-state index contributed by atoms with van der Waals surface area (Å²) >= 11 is 11.3. The molecule has 19 heavy (non-hydrogen) atoms. The Kier molecular flexibility index (Phi) is 5.28. The average molecular weight is 358 g/mol. The highest BCUT2D eigenvalue weighted by Gasteiger charge is 2.08. The van der Waals surface area contributed by atoms with Crippen LogP contribution < -0.4 is 5.32 Å². The molecule has 2 rings (SSSR count). The van der Waals surface area contributed by atoms with Crippen LogP contribution >= 0.6 is 39.3 Å². The highest BCUT2D eigenvalue weighted by Crippen LogP contribution is 2.34. The Morgan fingerprint density at radius 3 is 2.68 bits per heavy atom. The summed E-state index contributed by atoms with van der Waals surface area (Å²) in [6.45, 7) is 2.11. The highest BCUT2D eigenvalue weighted by molar-refractivity contribution is 9.10. The lowest BCUT2D eigenvalue weighted by molar-refractivity contribution is 0.652. The van der Waals surface area contributed by atoms with Crippen molar-refractivity contribution in [2.24, 2.45) is 0 Å². The molecule has 1 unspecified atom stereocenters. The highest BCUT2D eigenvalue weighted by atomic mass is 79.9. The van der Waals surface area contributed by atoms with Gasteiger partial charge in [0.05, 0.1) is 5.02 Å². The Bertz CT molecular complexity index is 560. The van der Waals surface area contributed by atoms with Gasteiger partial charge in [0, 0.05) is 21.6 Å². The van der Waals surface area contributed by atoms with Crippen LogP contribution in [0.3, 0.4) is 0 Å². The molecule has 1 aromatic carbocycles. The predicted octanol–water partition coefficient (Wildman–Crippen LogP) is 4.93. The van der Waals surface area contributed by atoms with E-state index >= 15 is 0 Å². The number of aromatic nitrogens is 1. The summed E-state index contributed by atoms with van der Waals surface area (Å²) in [5, 5.41) is 4.89. The molecule has 1 heterocycles. The normalized spacial score (nSPS) is 12.4. The maximum absolute atomic E-state index is 6.33. The molecule has 0 aliphatic heterocycles. The summed E-state index contributed by atoms with van der Waals surface area (Å²) in [4.78, 5) is 5.35. The van der Waals surface area contributed by atoms with E-state index in [2.05, 4.69) is 39.2 Å². The largest absolute Gasteiger partial charge is 0.313 e. The molecule has 0 amide bonds. The third-order valence-electron chi connectivity index (χ3n) is 2.80. The second kappa shape index (κ2) is 6.75. The second-order valence-electron chi connectivity index (χ2n) is 4.12. The minimum Gasteiger partial charge on any atom is -0.313 e. The summed E-state index contributed by atoms with van der Waals surface area (Å²) < 4.78 is 0.973. The van der Waals surface area contributed by atoms with Crippen molar-refractivity contribution in [3.8, 4) is 0 Å². The van der Waals surface area contributed by atoms with Crippen LogP contribution in [0.15, 0.2) is 50.9 Å². The van der Waals surface area contributed by atoms with E-state index in [1.807, 2.05) is 31.3 Å². The van der Waals surface area contributed by atoms with E-state index in [1.54, 1.807) is 18.0 Å². The van der Waals surface area contributed by atoms with E-state index in [1.165, 1.54) is 5.56 Å². The molecule has 0 saturated carbocycles. The molecule has 0 fully saturated rings. The second-order valence-corrected chi connectivity index (χ2v) is 6.50. The Hall–Kier alpha value is -0.550. The van der Waals surface area contributed by atoms with Crippen molar-refractivity contribution in [1.82, 2.24) is 10.3 Å². The molecule has 1 atom stereocenters. The molecule has 0 saturated heterocycles. The number of hydrogen-bond acceptors (Lipinski definition) is 3. The Morgan fingerprint density at radius 1 is 1.32 bits per heavy atom. The molecular weight excluding hydrogens is 344 g/mol. The van der Waals surface area contributed by atoms with Gasteiger partial charge in [-0.3, -0.25) is 0 Å². The van der Waals surface area contributed by atoms with E-state index in [-0.39, 0.29) is 0 Å². The third-order valence-corrected chi connectivity index (χ3v) is 4.72. The van der Waals surface area contributed by atoms with Gasteiger partial charge in [-0.1, -0.05) is 29.4 Å². The van der Waals surface area contributed by atoms with Gasteiger partial charge in [0.25, 0.3) is 0 Å². The molecule has 0 bridgehead atoms. The number of benzene rings is 1. The zero-order chi connectivity index (χ0) is 13.8. The van der Waals surface area contributed by atoms with Gasteiger partial charge in [0.15, 0.2) is 0 Å². The van der Waals surface area contributed by atoms with Crippen LogP contribution in [0.1, 0.15) is 18.5 Å². The van der Waals surface area contributed by atoms with Crippen LogP contribution in [0.5, 0.6) is 0 Å². The quantitative estimate of drug-likeness (QED) is 0.840. The monoisotopic (exact) mass is 356 g/mol. The first kappa shape index (κ1) is 14.9. The zero-order valence-corrected chi connectivity index (χ0v) is 13.8. The minimum absolute atomic E-state index is 0.294. The molecule has 1 N–H and O–H groups in total. The molecule has 0 aliphatic rings. The molecule has 2 aromatic rings. The van der Waals surface area contributed by atoms with E-state index in [0.717, 1.165) is 19.4 Å². The number of nitrogens with one attached hydrogen (secondary N) is 1. The first-order valence-electron chi connectivity index (χ1n) is 5.86. The molecule has 100 valence electrons. The van der Waals surface area contributed by atoms with Gasteiger partial charge < -0.3 is 5.32 Å². The first-order valence-corrected chi connectivity index (χ1v) is 7.85. The summed E-state index contributed by atoms with van der Waals surface area (Å²) in [5.74, 6) is 0. The molecule has 0 aliphatic carbocycles. The maximum Gasteiger partial charge on any atom is 0.101 e. The van der Waals surface area contributed by atoms with Crippen LogP contribution in [-0.4, -0.2) is 12.0 Å². The van der Waals surface area contributed by atoms with E-state index < -0.39 is 0 Å². The van der Waals surface area contributed by atoms with Gasteiger partial charge in [-0.15, -0.1) is 0 Å². The lowest BCUT2D eigenvalue weighted by atomic mass is 10.1. The Labute approximate surface area is 131 Å². The van der Waals surface area contributed by atoms with Gasteiger partial charge in [-0.05, 0) is 59.7 Å². The summed E-state index contributed by atoms with van der Waals surface area (Å²) in [6.07, 6.45) is 1.79. The fourth-order valence-corrected chi connectivity index (χ4v) is 2.87. The lowest BCUT2D eigenvalue weighted by Crippen LogP contribution is -2.12. The fourth-order valence-electron chi connectivity index (χ4n) is 1.57. The van der Waals surface area contributed by atoms with Crippen LogP contribution in [0.4, 0.5) is 0 Å². The molecule has 2 nitrogen and oxygen atoms in total. The lowest BCUT2D eigenvalue weighted by Gasteiger charge is -2.12. The van der Waals surface area contributed by atoms with Crippen molar-refractivity contribution in [2.45, 2.75) is 22.9 Å². The minimum atomic E-state index is 0.294. The number of nitrogens with zero attached hydrogens (tertiary/aromatic N) is 1. The van der Waals surface area contributed by atoms with Crippen LogP contribution in [0, 0.1) is 0 Å². The fraction of sp³-hybridized carbons (Fsp3) is 0.214. The van der Waals surface area contributed by atoms with Crippen molar-refractivity contribution in [3.05, 3.63) is 51.6 Å². The topological polar surface area (TPSA) is 24.9 Å². The molecule has 0 spiro atoms. The van der Waals surface area contributed by atoms with Crippen molar-refractivity contribution in [3.63, 3.8) is 0 Å². The van der Waals surface area contributed by atoms with Crippen molar-refractivity contribution in [1.29, 1.82) is 0 Å². The van der Waals surface area contributed by atoms with Gasteiger partial charge in [-0.25, -0.2) is 4.98 Å². The number of rotatable bonds is 4. The van der Waals surface area contributed by atoms with Crippen LogP contribution in [-0.2, 0) is 0 Å². The zero-order valence-electron chi connectivity index (χ0n) is 10.7. The van der Waals surface area contributed by atoms with E-state index in [9.17, 15) is 0 Å². The van der Waals surface area contributed by atoms with Crippen molar-refractivity contribution < 1.29 is 0 Å². The summed E-state index contributed by atoms with van der Waals surface area (Å²) in [7, 11) is 1.94. The average Bonchev–Trinajstić information content (AvgIpc) is 2.42. The molecule has 1 aromatic heterocycles. The van der Waals surface area contributed by atoms with E-state index in [4.69, 9.17) is 11.6 Å². The molecule has 5 heteroatoms. The van der Waals surface area contributed by atoms with Gasteiger partial charge in [0.2, 0.25) is 0 Å². The molecule has 0 radical (unpaired) electrons. The first-order chi connectivity index (χ1) is 9.10.